The molecule has 0 amide bonds. The lowest BCUT2D eigenvalue weighted by atomic mass is 10.1. The van der Waals surface area contributed by atoms with E-state index in [1.54, 1.807) is 0 Å². The maximum absolute atomic E-state index is 9.32. The van der Waals surface area contributed by atoms with Crippen molar-refractivity contribution in [2.45, 2.75) is 0 Å². The van der Waals surface area contributed by atoms with E-state index in [2.05, 4.69) is 10.1 Å². The Morgan fingerprint density at radius 1 is 1.05 bits per heavy atom. The quantitative estimate of drug-likeness (QED) is 0.432. The van der Waals surface area contributed by atoms with Crippen LogP contribution in [0, 0.1) is 0 Å². The predicted octanol–water partition coefficient (Wildman–Crippen LogP) is 2.80. The van der Waals surface area contributed by atoms with E-state index in [1.165, 1.54) is 0 Å². The molecule has 0 radical (unpaired) electrons. The van der Waals surface area contributed by atoms with Crippen molar-refractivity contribution in [1.29, 1.82) is 0 Å². The second-order valence-electron chi connectivity index (χ2n) is 4.30. The maximum Gasteiger partial charge on any atom is 0.163 e. The Hall–Kier alpha value is -2.62. The van der Waals surface area contributed by atoms with Crippen LogP contribution in [0.3, 0.4) is 0 Å². The molecule has 19 heavy (non-hydrogen) atoms. The zero-order valence-corrected chi connectivity index (χ0v) is 10.5. The Kier molecular flexibility index (Phi) is 2.76. The number of fused-ring (bicyclic) bond motifs is 1. The number of imidazole rings is 1. The number of benzene rings is 2. The first-order valence-electron chi connectivity index (χ1n) is 6.00. The molecule has 0 saturated heterocycles. The molecule has 1 heterocycles. The smallest absolute Gasteiger partial charge is 0.163 e. The minimum absolute atomic E-state index is 0.472. The zero-order valence-electron chi connectivity index (χ0n) is 10.5. The van der Waals surface area contributed by atoms with Crippen LogP contribution in [0.2, 0.25) is 0 Å². The van der Waals surface area contributed by atoms with Gasteiger partial charge in [-0.05, 0) is 12.1 Å². The van der Waals surface area contributed by atoms with Crippen molar-refractivity contribution in [2.75, 3.05) is 0 Å². The molecule has 4 heteroatoms. The molecule has 4 nitrogen and oxygen atoms in total. The molecule has 0 unspecified atom stereocenters. The van der Waals surface area contributed by atoms with E-state index in [-0.39, 0.29) is 0 Å². The topological polar surface area (TPSA) is 50.4 Å². The molecule has 0 aliphatic carbocycles. The van der Waals surface area contributed by atoms with Crippen molar-refractivity contribution in [3.8, 4) is 0 Å². The SMILES string of the molecule is Cn1c(C(=NO)c2ccccc2)nc2ccccc21. The van der Waals surface area contributed by atoms with Crippen molar-refractivity contribution in [3.63, 3.8) is 0 Å². The summed E-state index contributed by atoms with van der Waals surface area (Å²) in [6.45, 7) is 0. The normalized spacial score (nSPS) is 11.9. The fourth-order valence-corrected chi connectivity index (χ4v) is 2.18. The van der Waals surface area contributed by atoms with Gasteiger partial charge in [0, 0.05) is 12.6 Å². The van der Waals surface area contributed by atoms with E-state index in [4.69, 9.17) is 0 Å². The molecule has 3 aromatic rings. The van der Waals surface area contributed by atoms with Crippen molar-refractivity contribution in [1.82, 2.24) is 9.55 Å². The molecule has 2 aromatic carbocycles. The number of para-hydroxylation sites is 2. The van der Waals surface area contributed by atoms with Crippen LogP contribution in [-0.2, 0) is 7.05 Å². The molecule has 3 rings (SSSR count). The first-order chi connectivity index (χ1) is 9.31. The number of rotatable bonds is 2. The summed E-state index contributed by atoms with van der Waals surface area (Å²) in [5.74, 6) is 0.648. The highest BCUT2D eigenvalue weighted by atomic mass is 16.4. The molecular formula is C15H13N3O. The first-order valence-corrected chi connectivity index (χ1v) is 6.00. The summed E-state index contributed by atoms with van der Waals surface area (Å²) in [5, 5.41) is 12.7. The van der Waals surface area contributed by atoms with Gasteiger partial charge in [-0.25, -0.2) is 4.98 Å². The van der Waals surface area contributed by atoms with E-state index in [1.807, 2.05) is 66.2 Å². The van der Waals surface area contributed by atoms with E-state index >= 15 is 0 Å². The van der Waals surface area contributed by atoms with Crippen LogP contribution < -0.4 is 0 Å². The monoisotopic (exact) mass is 251 g/mol. The number of nitrogens with zero attached hydrogens (tertiary/aromatic N) is 3. The summed E-state index contributed by atoms with van der Waals surface area (Å²) in [7, 11) is 1.92. The lowest BCUT2D eigenvalue weighted by Gasteiger charge is -2.04. The summed E-state index contributed by atoms with van der Waals surface area (Å²) < 4.78 is 1.93. The molecule has 94 valence electrons. The van der Waals surface area contributed by atoms with Crippen molar-refractivity contribution < 1.29 is 5.21 Å². The molecule has 1 N–H and O–H groups in total. The fraction of sp³-hybridized carbons (Fsp3) is 0.0667. The van der Waals surface area contributed by atoms with Crippen LogP contribution >= 0.6 is 0 Å². The Bertz CT molecular complexity index is 744. The van der Waals surface area contributed by atoms with Crippen LogP contribution in [0.4, 0.5) is 0 Å². The summed E-state index contributed by atoms with van der Waals surface area (Å²) in [5.41, 5.74) is 3.20. The van der Waals surface area contributed by atoms with Crippen molar-refractivity contribution >= 4 is 16.7 Å². The second-order valence-corrected chi connectivity index (χ2v) is 4.30. The van der Waals surface area contributed by atoms with Crippen molar-refractivity contribution in [3.05, 3.63) is 66.0 Å². The molecule has 0 spiro atoms. The van der Waals surface area contributed by atoms with Gasteiger partial charge >= 0.3 is 0 Å². The van der Waals surface area contributed by atoms with E-state index in [0.29, 0.717) is 11.5 Å². The van der Waals surface area contributed by atoms with Crippen LogP contribution in [0.1, 0.15) is 11.4 Å². The third-order valence-corrected chi connectivity index (χ3v) is 3.15. The zero-order chi connectivity index (χ0) is 13.2. The van der Waals surface area contributed by atoms with E-state index < -0.39 is 0 Å². The number of oxime groups is 1. The van der Waals surface area contributed by atoms with Gasteiger partial charge in [-0.15, -0.1) is 0 Å². The predicted molar refractivity (Wildman–Crippen MR) is 74.6 cm³/mol. The molecular weight excluding hydrogens is 238 g/mol. The van der Waals surface area contributed by atoms with Gasteiger partial charge in [-0.1, -0.05) is 47.6 Å². The van der Waals surface area contributed by atoms with Gasteiger partial charge in [0.25, 0.3) is 0 Å². The van der Waals surface area contributed by atoms with Crippen LogP contribution in [0.25, 0.3) is 11.0 Å². The number of aryl methyl sites for hydroxylation is 1. The highest BCUT2D eigenvalue weighted by Gasteiger charge is 2.15. The Labute approximate surface area is 110 Å². The van der Waals surface area contributed by atoms with Crippen LogP contribution in [0.15, 0.2) is 59.8 Å². The second kappa shape index (κ2) is 4.57. The van der Waals surface area contributed by atoms with Crippen LogP contribution in [-0.4, -0.2) is 20.5 Å². The summed E-state index contributed by atoms with van der Waals surface area (Å²) in [6.07, 6.45) is 0. The highest BCUT2D eigenvalue weighted by molar-refractivity contribution is 6.11. The lowest BCUT2D eigenvalue weighted by molar-refractivity contribution is 0.319. The third kappa shape index (κ3) is 1.87. The Morgan fingerprint density at radius 3 is 2.42 bits per heavy atom. The standard InChI is InChI=1S/C15H13N3O/c1-18-13-10-6-5-9-12(13)16-15(18)14(17-19)11-7-3-2-4-8-11/h2-10,19H,1H3. The number of hydrogen-bond donors (Lipinski definition) is 1. The van der Waals surface area contributed by atoms with Gasteiger partial charge < -0.3 is 9.77 Å². The van der Waals surface area contributed by atoms with Crippen LogP contribution in [0.5, 0.6) is 0 Å². The van der Waals surface area contributed by atoms with Gasteiger partial charge in [0.05, 0.1) is 11.0 Å². The average molecular weight is 251 g/mol. The summed E-state index contributed by atoms with van der Waals surface area (Å²) in [4.78, 5) is 4.53. The molecule has 0 fully saturated rings. The number of aromatic nitrogens is 2. The van der Waals surface area contributed by atoms with Gasteiger partial charge in [-0.3, -0.25) is 0 Å². The van der Waals surface area contributed by atoms with Crippen molar-refractivity contribution in [2.24, 2.45) is 12.2 Å². The fourth-order valence-electron chi connectivity index (χ4n) is 2.18. The molecule has 0 atom stereocenters. The van der Waals surface area contributed by atoms with Gasteiger partial charge in [0.1, 0.15) is 0 Å². The molecule has 0 aliphatic heterocycles. The van der Waals surface area contributed by atoms with Gasteiger partial charge in [-0.2, -0.15) is 0 Å². The van der Waals surface area contributed by atoms with Gasteiger partial charge in [0.15, 0.2) is 11.5 Å². The molecule has 0 aliphatic rings. The van der Waals surface area contributed by atoms with Gasteiger partial charge in [0.2, 0.25) is 0 Å². The summed E-state index contributed by atoms with van der Waals surface area (Å²) in [6, 6.07) is 17.4. The lowest BCUT2D eigenvalue weighted by Crippen LogP contribution is -2.10. The minimum atomic E-state index is 0.472. The van der Waals surface area contributed by atoms with E-state index in [9.17, 15) is 5.21 Å². The van der Waals surface area contributed by atoms with E-state index in [0.717, 1.165) is 16.6 Å². The maximum atomic E-state index is 9.32. The molecule has 1 aromatic heterocycles. The molecule has 0 saturated carbocycles. The third-order valence-electron chi connectivity index (χ3n) is 3.15. The summed E-state index contributed by atoms with van der Waals surface area (Å²) >= 11 is 0. The Morgan fingerprint density at radius 2 is 1.74 bits per heavy atom. The first kappa shape index (κ1) is 11.5. The number of hydrogen-bond acceptors (Lipinski definition) is 3. The Balaban J connectivity index is 2.21. The average Bonchev–Trinajstić information content (AvgIpc) is 2.79. The largest absolute Gasteiger partial charge is 0.410 e. The minimum Gasteiger partial charge on any atom is -0.410 e. The molecule has 0 bridgehead atoms. The highest BCUT2D eigenvalue weighted by Crippen LogP contribution is 2.17.